The zero-order valence-corrected chi connectivity index (χ0v) is 9.60. The number of carbonyl (C=O) groups is 1. The molecular weight excluding hydrogens is 211 g/mol. The Morgan fingerprint density at radius 1 is 1.53 bits per heavy atom. The van der Waals surface area contributed by atoms with E-state index in [4.69, 9.17) is 0 Å². The van der Waals surface area contributed by atoms with Crippen LogP contribution in [0.1, 0.15) is 18.1 Å². The Labute approximate surface area is 93.4 Å². The van der Waals surface area contributed by atoms with Crippen LogP contribution >= 0.6 is 11.8 Å². The molecule has 80 valence electrons. The van der Waals surface area contributed by atoms with Crippen molar-refractivity contribution < 1.29 is 9.18 Å². The molecule has 0 heterocycles. The standard InChI is InChI=1S/C12H13FOS/c1-9-5-3-6-11(12(9)13)7-4-8-15-10(2)14/h3-7H,8H2,1-2H3. The molecule has 1 aromatic rings. The van der Waals surface area contributed by atoms with E-state index in [0.717, 1.165) is 0 Å². The third-order valence-corrected chi connectivity index (χ3v) is 2.67. The summed E-state index contributed by atoms with van der Waals surface area (Å²) in [6.07, 6.45) is 3.50. The van der Waals surface area contributed by atoms with E-state index in [1.165, 1.54) is 18.7 Å². The third-order valence-electron chi connectivity index (χ3n) is 1.90. The summed E-state index contributed by atoms with van der Waals surface area (Å²) in [7, 11) is 0. The van der Waals surface area contributed by atoms with E-state index in [1.807, 2.05) is 6.07 Å². The predicted molar refractivity (Wildman–Crippen MR) is 63.3 cm³/mol. The lowest BCUT2D eigenvalue weighted by Gasteiger charge is -1.99. The van der Waals surface area contributed by atoms with Gasteiger partial charge in [0.1, 0.15) is 5.82 Å². The smallest absolute Gasteiger partial charge is 0.186 e. The van der Waals surface area contributed by atoms with Gasteiger partial charge in [-0.2, -0.15) is 0 Å². The molecule has 1 rings (SSSR count). The summed E-state index contributed by atoms with van der Waals surface area (Å²) in [5, 5.41) is 0.0735. The van der Waals surface area contributed by atoms with E-state index >= 15 is 0 Å². The maximum atomic E-state index is 13.5. The molecule has 1 aromatic carbocycles. The summed E-state index contributed by atoms with van der Waals surface area (Å²) in [4.78, 5) is 10.6. The molecule has 0 aromatic heterocycles. The number of aryl methyl sites for hydroxylation is 1. The van der Waals surface area contributed by atoms with E-state index in [-0.39, 0.29) is 10.9 Å². The van der Waals surface area contributed by atoms with Gasteiger partial charge in [-0.25, -0.2) is 4.39 Å². The fourth-order valence-corrected chi connectivity index (χ4v) is 1.57. The van der Waals surface area contributed by atoms with Crippen LogP contribution in [0.2, 0.25) is 0 Å². The SMILES string of the molecule is CC(=O)SCC=Cc1cccc(C)c1F. The molecule has 0 saturated carbocycles. The van der Waals surface area contributed by atoms with Crippen molar-refractivity contribution >= 4 is 23.0 Å². The van der Waals surface area contributed by atoms with Gasteiger partial charge in [0.05, 0.1) is 0 Å². The summed E-state index contributed by atoms with van der Waals surface area (Å²) in [6, 6.07) is 5.27. The Bertz CT molecular complexity index is 385. The molecule has 0 N–H and O–H groups in total. The summed E-state index contributed by atoms with van der Waals surface area (Å²) < 4.78 is 13.5. The fraction of sp³-hybridized carbons (Fsp3) is 0.250. The highest BCUT2D eigenvalue weighted by Gasteiger charge is 2.00. The quantitative estimate of drug-likeness (QED) is 0.782. The van der Waals surface area contributed by atoms with Gasteiger partial charge in [0, 0.05) is 18.2 Å². The molecule has 0 unspecified atom stereocenters. The molecule has 0 amide bonds. The molecule has 0 fully saturated rings. The number of hydrogen-bond acceptors (Lipinski definition) is 2. The minimum Gasteiger partial charge on any atom is -0.288 e. The summed E-state index contributed by atoms with van der Waals surface area (Å²) >= 11 is 1.21. The lowest BCUT2D eigenvalue weighted by Crippen LogP contribution is -1.87. The summed E-state index contributed by atoms with van der Waals surface area (Å²) in [5.41, 5.74) is 1.20. The molecule has 0 bridgehead atoms. The molecule has 0 atom stereocenters. The molecule has 0 saturated heterocycles. The fourth-order valence-electron chi connectivity index (χ4n) is 1.14. The average molecular weight is 224 g/mol. The first kappa shape index (κ1) is 12.0. The Morgan fingerprint density at radius 3 is 2.93 bits per heavy atom. The average Bonchev–Trinajstić information content (AvgIpc) is 2.18. The van der Waals surface area contributed by atoms with Gasteiger partial charge in [0.2, 0.25) is 0 Å². The number of benzene rings is 1. The minimum atomic E-state index is -0.193. The molecule has 0 aliphatic rings. The van der Waals surface area contributed by atoms with Gasteiger partial charge in [0.25, 0.3) is 0 Å². The van der Waals surface area contributed by atoms with Crippen LogP contribution in [0.4, 0.5) is 4.39 Å². The highest BCUT2D eigenvalue weighted by molar-refractivity contribution is 8.13. The number of halogens is 1. The van der Waals surface area contributed by atoms with Gasteiger partial charge in [-0.3, -0.25) is 4.79 Å². The van der Waals surface area contributed by atoms with Crippen molar-refractivity contribution in [3.05, 3.63) is 41.2 Å². The van der Waals surface area contributed by atoms with E-state index in [2.05, 4.69) is 0 Å². The van der Waals surface area contributed by atoms with Crippen molar-refractivity contribution in [3.8, 4) is 0 Å². The minimum absolute atomic E-state index is 0.0735. The Kier molecular flexibility index (Phi) is 4.56. The predicted octanol–water partition coefficient (Wildman–Crippen LogP) is 3.43. The van der Waals surface area contributed by atoms with E-state index in [1.54, 1.807) is 31.2 Å². The number of hydrogen-bond donors (Lipinski definition) is 0. The Balaban J connectivity index is 2.64. The van der Waals surface area contributed by atoms with E-state index in [9.17, 15) is 9.18 Å². The maximum absolute atomic E-state index is 13.5. The second kappa shape index (κ2) is 5.71. The molecule has 0 aliphatic heterocycles. The molecule has 1 nitrogen and oxygen atoms in total. The monoisotopic (exact) mass is 224 g/mol. The molecule has 3 heteroatoms. The van der Waals surface area contributed by atoms with Gasteiger partial charge in [-0.15, -0.1) is 0 Å². The Morgan fingerprint density at radius 2 is 2.27 bits per heavy atom. The first-order valence-corrected chi connectivity index (χ1v) is 5.65. The van der Waals surface area contributed by atoms with Crippen LogP contribution < -0.4 is 0 Å². The number of thioether (sulfide) groups is 1. The molecule has 0 spiro atoms. The second-order valence-electron chi connectivity index (χ2n) is 3.18. The number of carbonyl (C=O) groups excluding carboxylic acids is 1. The number of rotatable bonds is 3. The summed E-state index contributed by atoms with van der Waals surface area (Å²) in [5.74, 6) is 0.393. The highest BCUT2D eigenvalue weighted by atomic mass is 32.2. The first-order valence-electron chi connectivity index (χ1n) is 4.66. The van der Waals surface area contributed by atoms with E-state index < -0.39 is 0 Å². The topological polar surface area (TPSA) is 17.1 Å². The van der Waals surface area contributed by atoms with Crippen LogP contribution in [0, 0.1) is 12.7 Å². The van der Waals surface area contributed by atoms with Crippen LogP contribution in [0.25, 0.3) is 6.08 Å². The van der Waals surface area contributed by atoms with Crippen LogP contribution in [0.15, 0.2) is 24.3 Å². The second-order valence-corrected chi connectivity index (χ2v) is 4.38. The van der Waals surface area contributed by atoms with Gasteiger partial charge in [-0.05, 0) is 12.5 Å². The van der Waals surface area contributed by atoms with Gasteiger partial charge in [0.15, 0.2) is 5.12 Å². The van der Waals surface area contributed by atoms with Gasteiger partial charge >= 0.3 is 0 Å². The zero-order chi connectivity index (χ0) is 11.3. The normalized spacial score (nSPS) is 10.9. The largest absolute Gasteiger partial charge is 0.288 e. The Hall–Kier alpha value is -1.09. The van der Waals surface area contributed by atoms with Crippen LogP contribution in [-0.4, -0.2) is 10.9 Å². The highest BCUT2D eigenvalue weighted by Crippen LogP contribution is 2.13. The molecule has 15 heavy (non-hydrogen) atoms. The lowest BCUT2D eigenvalue weighted by atomic mass is 10.1. The molecular formula is C12H13FOS. The third kappa shape index (κ3) is 3.88. The molecule has 0 aliphatic carbocycles. The summed E-state index contributed by atoms with van der Waals surface area (Å²) in [6.45, 7) is 3.25. The van der Waals surface area contributed by atoms with Crippen LogP contribution in [0.3, 0.4) is 0 Å². The van der Waals surface area contributed by atoms with Crippen LogP contribution in [0.5, 0.6) is 0 Å². The molecule has 0 radical (unpaired) electrons. The maximum Gasteiger partial charge on any atom is 0.186 e. The van der Waals surface area contributed by atoms with Crippen molar-refractivity contribution in [2.24, 2.45) is 0 Å². The van der Waals surface area contributed by atoms with Crippen molar-refractivity contribution in [2.75, 3.05) is 5.75 Å². The zero-order valence-electron chi connectivity index (χ0n) is 8.79. The van der Waals surface area contributed by atoms with Crippen molar-refractivity contribution in [1.29, 1.82) is 0 Å². The lowest BCUT2D eigenvalue weighted by molar-refractivity contribution is -0.109. The van der Waals surface area contributed by atoms with Crippen molar-refractivity contribution in [2.45, 2.75) is 13.8 Å². The van der Waals surface area contributed by atoms with Gasteiger partial charge in [-0.1, -0.05) is 42.1 Å². The first-order chi connectivity index (χ1) is 7.11. The van der Waals surface area contributed by atoms with Crippen LogP contribution in [-0.2, 0) is 4.79 Å². The van der Waals surface area contributed by atoms with E-state index in [0.29, 0.717) is 16.9 Å². The van der Waals surface area contributed by atoms with Crippen molar-refractivity contribution in [3.63, 3.8) is 0 Å². The van der Waals surface area contributed by atoms with Crippen molar-refractivity contribution in [1.82, 2.24) is 0 Å². The van der Waals surface area contributed by atoms with Gasteiger partial charge < -0.3 is 0 Å².